The minimum Gasteiger partial charge on any atom is -0.481 e. The van der Waals surface area contributed by atoms with Gasteiger partial charge in [0.25, 0.3) is 0 Å². The van der Waals surface area contributed by atoms with E-state index in [4.69, 9.17) is 4.74 Å². The van der Waals surface area contributed by atoms with Crippen LogP contribution in [0.3, 0.4) is 0 Å². The van der Waals surface area contributed by atoms with E-state index in [0.717, 1.165) is 22.0 Å². The van der Waals surface area contributed by atoms with Crippen LogP contribution in [0.25, 0.3) is 10.9 Å². The number of ether oxygens (including phenoxy) is 1. The van der Waals surface area contributed by atoms with Crippen LogP contribution >= 0.6 is 0 Å². The predicted octanol–water partition coefficient (Wildman–Crippen LogP) is 1.67. The second-order valence-corrected chi connectivity index (χ2v) is 7.00. The molecule has 0 saturated carbocycles. The number of likely N-dealkylation sites (N-methyl/N-ethyl adjacent to an activating group) is 1. The van der Waals surface area contributed by atoms with Crippen LogP contribution < -0.4 is 0 Å². The second kappa shape index (κ2) is 5.31. The number of piperidine rings is 1. The maximum absolute atomic E-state index is 11.7. The summed E-state index contributed by atoms with van der Waals surface area (Å²) in [6, 6.07) is 5.52. The molecule has 0 bridgehead atoms. The van der Waals surface area contributed by atoms with Crippen LogP contribution in [0.4, 0.5) is 0 Å². The number of aromatic carboxylic acids is 1. The van der Waals surface area contributed by atoms with Crippen LogP contribution in [0.2, 0.25) is 0 Å². The van der Waals surface area contributed by atoms with E-state index in [-0.39, 0.29) is 11.7 Å². The van der Waals surface area contributed by atoms with E-state index < -0.39 is 23.5 Å². The van der Waals surface area contributed by atoms with Gasteiger partial charge in [0.2, 0.25) is 0 Å². The maximum Gasteiger partial charge on any atom is 0.352 e. The summed E-state index contributed by atoms with van der Waals surface area (Å²) < 4.78 is 5.98. The fraction of sp³-hybridized carbons (Fsp3) is 0.444. The van der Waals surface area contributed by atoms with Crippen LogP contribution in [-0.2, 0) is 21.6 Å². The standard InChI is InChI=1S/C18H20N2O5/c1-20-8-9(16(21)22)7-18(25-2)11-4-3-5-12-14(11)10(6-13(18)20)15(19-12)17(23)24/h3-5,9,13,19H,6-8H2,1-2H3,(H,21,22)(H,23,24)/t9?,13-,18+/m1/s1. The molecule has 1 aliphatic heterocycles. The largest absolute Gasteiger partial charge is 0.481 e. The fourth-order valence-corrected chi connectivity index (χ4v) is 4.75. The van der Waals surface area contributed by atoms with E-state index >= 15 is 0 Å². The Labute approximate surface area is 144 Å². The van der Waals surface area contributed by atoms with Gasteiger partial charge in [-0.25, -0.2) is 4.79 Å². The Balaban J connectivity index is 2.00. The van der Waals surface area contributed by atoms with Gasteiger partial charge in [0, 0.05) is 30.6 Å². The van der Waals surface area contributed by atoms with Crippen molar-refractivity contribution in [1.29, 1.82) is 0 Å². The van der Waals surface area contributed by atoms with Crippen molar-refractivity contribution >= 4 is 22.8 Å². The van der Waals surface area contributed by atoms with Crippen molar-refractivity contribution in [2.45, 2.75) is 24.5 Å². The molecule has 0 spiro atoms. The number of hydrogen-bond acceptors (Lipinski definition) is 4. The molecular formula is C18H20N2O5. The molecule has 2 heterocycles. The van der Waals surface area contributed by atoms with Gasteiger partial charge in [-0.05, 0) is 37.1 Å². The van der Waals surface area contributed by atoms with Crippen LogP contribution in [-0.4, -0.2) is 58.8 Å². The summed E-state index contributed by atoms with van der Waals surface area (Å²) in [5, 5.41) is 20.0. The van der Waals surface area contributed by atoms with Gasteiger partial charge in [0.05, 0.1) is 5.92 Å². The molecule has 2 aromatic rings. The van der Waals surface area contributed by atoms with Crippen LogP contribution in [0.5, 0.6) is 0 Å². The summed E-state index contributed by atoms with van der Waals surface area (Å²) >= 11 is 0. The fourth-order valence-electron chi connectivity index (χ4n) is 4.75. The number of aromatic amines is 1. The van der Waals surface area contributed by atoms with Gasteiger partial charge in [0.15, 0.2) is 0 Å². The highest BCUT2D eigenvalue weighted by atomic mass is 16.5. The Kier molecular flexibility index (Phi) is 3.42. The van der Waals surface area contributed by atoms with Gasteiger partial charge in [-0.15, -0.1) is 0 Å². The normalized spacial score (nSPS) is 28.7. The zero-order chi connectivity index (χ0) is 17.9. The first-order valence-corrected chi connectivity index (χ1v) is 8.24. The van der Waals surface area contributed by atoms with Crippen molar-refractivity contribution in [3.63, 3.8) is 0 Å². The van der Waals surface area contributed by atoms with Crippen molar-refractivity contribution in [3.8, 4) is 0 Å². The first-order valence-electron chi connectivity index (χ1n) is 8.24. The van der Waals surface area contributed by atoms with Gasteiger partial charge in [-0.3, -0.25) is 9.69 Å². The SMILES string of the molecule is CO[C@]12CC(C(=O)O)CN(C)[C@@H]1Cc1c(C(=O)O)[nH]c3cccc2c13. The van der Waals surface area contributed by atoms with Crippen molar-refractivity contribution < 1.29 is 24.5 Å². The van der Waals surface area contributed by atoms with Gasteiger partial charge < -0.3 is 19.9 Å². The van der Waals surface area contributed by atoms with E-state index in [0.29, 0.717) is 19.4 Å². The molecule has 3 atom stereocenters. The number of methoxy groups -OCH3 is 1. The number of benzene rings is 1. The maximum atomic E-state index is 11.7. The lowest BCUT2D eigenvalue weighted by Crippen LogP contribution is -2.60. The molecule has 7 heteroatoms. The molecule has 3 N–H and O–H groups in total. The van der Waals surface area contributed by atoms with Crippen molar-refractivity contribution in [2.75, 3.05) is 20.7 Å². The second-order valence-electron chi connectivity index (χ2n) is 7.00. The number of rotatable bonds is 3. The van der Waals surface area contributed by atoms with Crippen molar-refractivity contribution in [1.82, 2.24) is 9.88 Å². The first kappa shape index (κ1) is 16.1. The molecule has 1 unspecified atom stereocenters. The van der Waals surface area contributed by atoms with Crippen molar-refractivity contribution in [3.05, 3.63) is 35.0 Å². The van der Waals surface area contributed by atoms with E-state index in [1.165, 1.54) is 0 Å². The quantitative estimate of drug-likeness (QED) is 0.783. The molecular weight excluding hydrogens is 324 g/mol. The van der Waals surface area contributed by atoms with Crippen molar-refractivity contribution in [2.24, 2.45) is 5.92 Å². The van der Waals surface area contributed by atoms with Crippen LogP contribution in [0, 0.1) is 5.92 Å². The zero-order valence-corrected chi connectivity index (χ0v) is 14.1. The molecule has 25 heavy (non-hydrogen) atoms. The van der Waals surface area contributed by atoms with E-state index in [1.807, 2.05) is 30.1 Å². The lowest BCUT2D eigenvalue weighted by Gasteiger charge is -2.52. The number of carbonyl (C=O) groups is 2. The molecule has 1 aromatic carbocycles. The number of carboxylic acids is 2. The van der Waals surface area contributed by atoms with Gasteiger partial charge in [0.1, 0.15) is 11.3 Å². The predicted molar refractivity (Wildman–Crippen MR) is 89.8 cm³/mol. The molecule has 132 valence electrons. The Morgan fingerprint density at radius 1 is 1.36 bits per heavy atom. The number of carboxylic acid groups (broad SMARTS) is 2. The molecule has 4 rings (SSSR count). The summed E-state index contributed by atoms with van der Waals surface area (Å²) in [5.74, 6) is -2.35. The molecule has 0 radical (unpaired) electrons. The highest BCUT2D eigenvalue weighted by Gasteiger charge is 2.53. The summed E-state index contributed by atoms with van der Waals surface area (Å²) in [4.78, 5) is 28.3. The monoisotopic (exact) mass is 344 g/mol. The molecule has 1 saturated heterocycles. The van der Waals surface area contributed by atoms with Crippen LogP contribution in [0.1, 0.15) is 28.0 Å². The molecule has 0 amide bonds. The minimum atomic E-state index is -0.982. The number of nitrogens with one attached hydrogen (secondary N) is 1. The Bertz CT molecular complexity index is 889. The Morgan fingerprint density at radius 2 is 2.12 bits per heavy atom. The third kappa shape index (κ3) is 2.06. The van der Waals surface area contributed by atoms with Gasteiger partial charge in [-0.1, -0.05) is 12.1 Å². The lowest BCUT2D eigenvalue weighted by molar-refractivity contribution is -0.160. The number of fused-ring (bicyclic) bond motifs is 2. The lowest BCUT2D eigenvalue weighted by atomic mass is 9.68. The Hall–Kier alpha value is -2.38. The summed E-state index contributed by atoms with van der Waals surface area (Å²) in [7, 11) is 3.49. The number of aliphatic carboxylic acids is 1. The first-order chi connectivity index (χ1) is 11.9. The number of aromatic nitrogens is 1. The van der Waals surface area contributed by atoms with E-state index in [2.05, 4.69) is 4.98 Å². The number of likely N-dealkylation sites (tertiary alicyclic amines) is 1. The highest BCUT2D eigenvalue weighted by Crippen LogP contribution is 2.50. The number of hydrogen-bond donors (Lipinski definition) is 3. The van der Waals surface area contributed by atoms with E-state index in [9.17, 15) is 19.8 Å². The summed E-state index contributed by atoms with van der Waals surface area (Å²) in [6.07, 6.45) is 0.884. The Morgan fingerprint density at radius 3 is 2.76 bits per heavy atom. The average Bonchev–Trinajstić information content (AvgIpc) is 2.96. The molecule has 7 nitrogen and oxygen atoms in total. The van der Waals surface area contributed by atoms with Gasteiger partial charge >= 0.3 is 11.9 Å². The summed E-state index contributed by atoms with van der Waals surface area (Å²) in [6.45, 7) is 0.420. The topological polar surface area (TPSA) is 103 Å². The van der Waals surface area contributed by atoms with E-state index in [1.54, 1.807) is 7.11 Å². The molecule has 1 aliphatic carbocycles. The molecule has 1 fully saturated rings. The smallest absolute Gasteiger partial charge is 0.352 e. The molecule has 1 aromatic heterocycles. The zero-order valence-electron chi connectivity index (χ0n) is 14.1. The highest BCUT2D eigenvalue weighted by molar-refractivity contribution is 6.00. The number of H-pyrrole nitrogens is 1. The third-order valence-corrected chi connectivity index (χ3v) is 5.84. The molecule has 2 aliphatic rings. The average molecular weight is 344 g/mol. The third-order valence-electron chi connectivity index (χ3n) is 5.84. The minimum absolute atomic E-state index is 0.111. The van der Waals surface area contributed by atoms with Crippen LogP contribution in [0.15, 0.2) is 18.2 Å². The summed E-state index contributed by atoms with van der Waals surface area (Å²) in [5.41, 5.74) is 1.85. The number of nitrogens with zero attached hydrogens (tertiary/aromatic N) is 1. The van der Waals surface area contributed by atoms with Gasteiger partial charge in [-0.2, -0.15) is 0 Å².